The predicted octanol–water partition coefficient (Wildman–Crippen LogP) is 3.36. The van der Waals surface area contributed by atoms with Crippen LogP contribution < -0.4 is 4.74 Å². The lowest BCUT2D eigenvalue weighted by molar-refractivity contribution is 0.149. The zero-order valence-corrected chi connectivity index (χ0v) is 11.3. The van der Waals surface area contributed by atoms with E-state index in [2.05, 4.69) is 29.8 Å². The van der Waals surface area contributed by atoms with Crippen LogP contribution >= 0.6 is 15.9 Å². The molecule has 1 saturated carbocycles. The Kier molecular flexibility index (Phi) is 3.55. The molecule has 0 heterocycles. The second kappa shape index (κ2) is 4.76. The van der Waals surface area contributed by atoms with Crippen molar-refractivity contribution in [1.82, 2.24) is 0 Å². The molecule has 1 aliphatic carbocycles. The fourth-order valence-electron chi connectivity index (χ4n) is 2.19. The molecule has 0 amide bonds. The lowest BCUT2D eigenvalue weighted by atomic mass is 10.1. The Morgan fingerprint density at radius 2 is 1.88 bits per heavy atom. The molecule has 16 heavy (non-hydrogen) atoms. The van der Waals surface area contributed by atoms with E-state index in [0.29, 0.717) is 0 Å². The highest BCUT2D eigenvalue weighted by molar-refractivity contribution is 9.10. The van der Waals surface area contributed by atoms with Crippen molar-refractivity contribution in [3.05, 3.63) is 27.7 Å². The number of rotatable bonds is 2. The third-order valence-corrected chi connectivity index (χ3v) is 4.32. The lowest BCUT2D eigenvalue weighted by Gasteiger charge is -2.15. The smallest absolute Gasteiger partial charge is 0.120 e. The van der Waals surface area contributed by atoms with E-state index in [1.165, 1.54) is 11.1 Å². The van der Waals surface area contributed by atoms with E-state index < -0.39 is 0 Å². The van der Waals surface area contributed by atoms with E-state index in [1.807, 2.05) is 12.1 Å². The van der Waals surface area contributed by atoms with E-state index in [4.69, 9.17) is 4.74 Å². The number of aryl methyl sites for hydroxylation is 2. The number of halogens is 1. The van der Waals surface area contributed by atoms with Gasteiger partial charge < -0.3 is 9.84 Å². The molecule has 0 bridgehead atoms. The van der Waals surface area contributed by atoms with Gasteiger partial charge in [0.05, 0.1) is 6.10 Å². The van der Waals surface area contributed by atoms with Gasteiger partial charge in [-0.15, -0.1) is 0 Å². The third kappa shape index (κ3) is 2.58. The second-order valence-corrected chi connectivity index (χ2v) is 5.37. The Morgan fingerprint density at radius 3 is 2.38 bits per heavy atom. The fourth-order valence-corrected chi connectivity index (χ4v) is 2.42. The van der Waals surface area contributed by atoms with Crippen LogP contribution in [0.25, 0.3) is 0 Å². The Balaban J connectivity index is 2.10. The molecule has 1 aliphatic rings. The molecule has 0 spiro atoms. The van der Waals surface area contributed by atoms with Crippen molar-refractivity contribution in [2.24, 2.45) is 0 Å². The average Bonchev–Trinajstić information content (AvgIpc) is 2.60. The van der Waals surface area contributed by atoms with E-state index in [9.17, 15) is 5.11 Å². The number of hydrogen-bond acceptors (Lipinski definition) is 2. The number of aliphatic hydroxyl groups excluding tert-OH is 1. The molecule has 1 aromatic rings. The zero-order chi connectivity index (χ0) is 11.7. The van der Waals surface area contributed by atoms with Gasteiger partial charge >= 0.3 is 0 Å². The normalized spacial score (nSPS) is 24.8. The van der Waals surface area contributed by atoms with Gasteiger partial charge in [0.15, 0.2) is 0 Å². The highest BCUT2D eigenvalue weighted by atomic mass is 79.9. The molecule has 0 radical (unpaired) electrons. The van der Waals surface area contributed by atoms with Gasteiger partial charge in [-0.05, 0) is 49.9 Å². The van der Waals surface area contributed by atoms with E-state index >= 15 is 0 Å². The molecule has 88 valence electrons. The van der Waals surface area contributed by atoms with Crippen LogP contribution in [-0.4, -0.2) is 17.3 Å². The molecule has 2 atom stereocenters. The van der Waals surface area contributed by atoms with Gasteiger partial charge in [-0.2, -0.15) is 0 Å². The SMILES string of the molecule is Cc1cc(O[C@@H]2CC[C@H](O)C2)cc(C)c1Br. The summed E-state index contributed by atoms with van der Waals surface area (Å²) < 4.78 is 7.03. The van der Waals surface area contributed by atoms with Crippen molar-refractivity contribution in [3.63, 3.8) is 0 Å². The molecule has 0 unspecified atom stereocenters. The molecule has 1 aromatic carbocycles. The van der Waals surface area contributed by atoms with Gasteiger partial charge in [-0.25, -0.2) is 0 Å². The fraction of sp³-hybridized carbons (Fsp3) is 0.538. The van der Waals surface area contributed by atoms with Gasteiger partial charge in [0.1, 0.15) is 11.9 Å². The molecule has 3 heteroatoms. The summed E-state index contributed by atoms with van der Waals surface area (Å²) in [5, 5.41) is 9.44. The Morgan fingerprint density at radius 1 is 1.25 bits per heavy atom. The summed E-state index contributed by atoms with van der Waals surface area (Å²) in [6.07, 6.45) is 2.57. The standard InChI is InChI=1S/C13H17BrO2/c1-8-5-12(6-9(2)13(8)14)16-11-4-3-10(15)7-11/h5-6,10-11,15H,3-4,7H2,1-2H3/t10-,11+/m0/s1. The maximum atomic E-state index is 9.44. The van der Waals surface area contributed by atoms with Crippen LogP contribution in [0, 0.1) is 13.8 Å². The number of aliphatic hydroxyl groups is 1. The summed E-state index contributed by atoms with van der Waals surface area (Å²) in [7, 11) is 0. The molecule has 0 saturated heterocycles. The summed E-state index contributed by atoms with van der Waals surface area (Å²) in [6, 6.07) is 4.09. The second-order valence-electron chi connectivity index (χ2n) is 4.58. The van der Waals surface area contributed by atoms with Gasteiger partial charge in [0.2, 0.25) is 0 Å². The summed E-state index contributed by atoms with van der Waals surface area (Å²) in [5.41, 5.74) is 2.38. The minimum Gasteiger partial charge on any atom is -0.490 e. The zero-order valence-electron chi connectivity index (χ0n) is 9.66. The van der Waals surface area contributed by atoms with E-state index in [-0.39, 0.29) is 12.2 Å². The predicted molar refractivity (Wildman–Crippen MR) is 67.9 cm³/mol. The highest BCUT2D eigenvalue weighted by Crippen LogP contribution is 2.29. The monoisotopic (exact) mass is 284 g/mol. The van der Waals surface area contributed by atoms with Crippen LogP contribution in [0.4, 0.5) is 0 Å². The van der Waals surface area contributed by atoms with Crippen molar-refractivity contribution in [2.75, 3.05) is 0 Å². The minimum atomic E-state index is -0.178. The maximum Gasteiger partial charge on any atom is 0.120 e. The van der Waals surface area contributed by atoms with Crippen LogP contribution in [0.3, 0.4) is 0 Å². The first-order valence-electron chi connectivity index (χ1n) is 5.67. The number of hydrogen-bond donors (Lipinski definition) is 1. The summed E-state index contributed by atoms with van der Waals surface area (Å²) in [4.78, 5) is 0. The average molecular weight is 285 g/mol. The van der Waals surface area contributed by atoms with Crippen molar-refractivity contribution in [3.8, 4) is 5.75 Å². The van der Waals surface area contributed by atoms with Crippen molar-refractivity contribution in [1.29, 1.82) is 0 Å². The molecule has 0 aromatic heterocycles. The summed E-state index contributed by atoms with van der Waals surface area (Å²) in [5.74, 6) is 0.914. The topological polar surface area (TPSA) is 29.5 Å². The molecular formula is C13H17BrO2. The Hall–Kier alpha value is -0.540. The summed E-state index contributed by atoms with van der Waals surface area (Å²) in [6.45, 7) is 4.13. The first-order chi connectivity index (χ1) is 7.56. The molecule has 2 rings (SSSR count). The highest BCUT2D eigenvalue weighted by Gasteiger charge is 2.24. The molecule has 2 nitrogen and oxygen atoms in total. The van der Waals surface area contributed by atoms with Crippen LogP contribution in [0.15, 0.2) is 16.6 Å². The minimum absolute atomic E-state index is 0.176. The van der Waals surface area contributed by atoms with Crippen molar-refractivity contribution in [2.45, 2.75) is 45.3 Å². The lowest BCUT2D eigenvalue weighted by Crippen LogP contribution is -2.13. The van der Waals surface area contributed by atoms with Crippen LogP contribution in [0.5, 0.6) is 5.75 Å². The quantitative estimate of drug-likeness (QED) is 0.903. The largest absolute Gasteiger partial charge is 0.490 e. The van der Waals surface area contributed by atoms with Crippen LogP contribution in [-0.2, 0) is 0 Å². The summed E-state index contributed by atoms with van der Waals surface area (Å²) >= 11 is 3.54. The van der Waals surface area contributed by atoms with Gasteiger partial charge in [0.25, 0.3) is 0 Å². The molecule has 1 N–H and O–H groups in total. The first-order valence-corrected chi connectivity index (χ1v) is 6.47. The Bertz CT molecular complexity index is 367. The van der Waals surface area contributed by atoms with Crippen LogP contribution in [0.2, 0.25) is 0 Å². The number of benzene rings is 1. The van der Waals surface area contributed by atoms with Gasteiger partial charge in [-0.3, -0.25) is 0 Å². The van der Waals surface area contributed by atoms with Crippen molar-refractivity contribution < 1.29 is 9.84 Å². The van der Waals surface area contributed by atoms with Crippen LogP contribution in [0.1, 0.15) is 30.4 Å². The Labute approximate surface area is 105 Å². The first kappa shape index (κ1) is 11.9. The maximum absolute atomic E-state index is 9.44. The van der Waals surface area contributed by atoms with Crippen molar-refractivity contribution >= 4 is 15.9 Å². The van der Waals surface area contributed by atoms with Gasteiger partial charge in [-0.1, -0.05) is 15.9 Å². The molecular weight excluding hydrogens is 268 g/mol. The molecule has 0 aliphatic heterocycles. The van der Waals surface area contributed by atoms with E-state index in [0.717, 1.165) is 29.5 Å². The number of ether oxygens (including phenoxy) is 1. The van der Waals surface area contributed by atoms with E-state index in [1.54, 1.807) is 0 Å². The third-order valence-electron chi connectivity index (χ3n) is 3.07. The van der Waals surface area contributed by atoms with Gasteiger partial charge in [0, 0.05) is 10.9 Å². The molecule has 1 fully saturated rings.